The van der Waals surface area contributed by atoms with Gasteiger partial charge in [0.25, 0.3) is 10.0 Å². The molecular weight excluding hydrogens is 477 g/mol. The molecule has 0 N–H and O–H groups in total. The Labute approximate surface area is 212 Å². The Morgan fingerprint density at radius 2 is 1.47 bits per heavy atom. The highest BCUT2D eigenvalue weighted by Crippen LogP contribution is 2.32. The first-order valence-electron chi connectivity index (χ1n) is 12.4. The Balaban J connectivity index is 1.17. The van der Waals surface area contributed by atoms with Crippen LogP contribution < -0.4 is 9.21 Å². The number of nitrogens with zero attached hydrogens (tertiary/aromatic N) is 3. The van der Waals surface area contributed by atoms with Gasteiger partial charge in [-0.15, -0.1) is 0 Å². The number of para-hydroxylation sites is 2. The Bertz CT molecular complexity index is 1340. The molecule has 3 aromatic rings. The van der Waals surface area contributed by atoms with Crippen molar-refractivity contribution in [3.8, 4) is 0 Å². The second-order valence-electron chi connectivity index (χ2n) is 9.27. The second-order valence-corrected chi connectivity index (χ2v) is 11.1. The lowest BCUT2D eigenvalue weighted by Crippen LogP contribution is -2.49. The van der Waals surface area contributed by atoms with Crippen molar-refractivity contribution >= 4 is 27.3 Å². The fourth-order valence-electron chi connectivity index (χ4n) is 5.02. The lowest BCUT2D eigenvalue weighted by molar-refractivity contribution is -0.131. The van der Waals surface area contributed by atoms with Gasteiger partial charge in [-0.3, -0.25) is 9.10 Å². The van der Waals surface area contributed by atoms with Crippen LogP contribution in [0, 0.1) is 5.82 Å². The van der Waals surface area contributed by atoms with Crippen molar-refractivity contribution in [2.45, 2.75) is 30.6 Å². The van der Waals surface area contributed by atoms with Gasteiger partial charge in [0.2, 0.25) is 5.91 Å². The van der Waals surface area contributed by atoms with Gasteiger partial charge in [-0.1, -0.05) is 42.5 Å². The molecule has 0 saturated carbocycles. The van der Waals surface area contributed by atoms with Crippen molar-refractivity contribution in [2.75, 3.05) is 41.9 Å². The van der Waals surface area contributed by atoms with Crippen LogP contribution in [-0.2, 0) is 27.7 Å². The smallest absolute Gasteiger partial charge is 0.264 e. The number of aryl methyl sites for hydroxylation is 2. The highest BCUT2D eigenvalue weighted by Gasteiger charge is 2.29. The van der Waals surface area contributed by atoms with E-state index in [1.807, 2.05) is 40.1 Å². The lowest BCUT2D eigenvalue weighted by Gasteiger charge is -2.36. The van der Waals surface area contributed by atoms with E-state index in [2.05, 4.69) is 0 Å². The Hall–Kier alpha value is -3.39. The summed E-state index contributed by atoms with van der Waals surface area (Å²) < 4.78 is 42.2. The third-order valence-corrected chi connectivity index (χ3v) is 8.86. The molecule has 3 aromatic carbocycles. The maximum absolute atomic E-state index is 14.0. The summed E-state index contributed by atoms with van der Waals surface area (Å²) in [5.41, 5.74) is 3.31. The number of halogens is 1. The largest absolute Gasteiger partial charge is 0.366 e. The van der Waals surface area contributed by atoms with Crippen molar-refractivity contribution in [2.24, 2.45) is 0 Å². The number of fused-ring (bicyclic) bond motifs is 1. The molecule has 0 atom stereocenters. The summed E-state index contributed by atoms with van der Waals surface area (Å²) >= 11 is 0. The zero-order chi connectivity index (χ0) is 25.1. The zero-order valence-corrected chi connectivity index (χ0v) is 21.0. The monoisotopic (exact) mass is 507 g/mol. The highest BCUT2D eigenvalue weighted by molar-refractivity contribution is 7.92. The van der Waals surface area contributed by atoms with E-state index >= 15 is 0 Å². The van der Waals surface area contributed by atoms with Gasteiger partial charge in [-0.2, -0.15) is 0 Å². The van der Waals surface area contributed by atoms with Gasteiger partial charge in [0.05, 0.1) is 16.3 Å². The third kappa shape index (κ3) is 4.95. The normalized spacial score (nSPS) is 16.1. The molecule has 2 aliphatic heterocycles. The number of hydrogen-bond acceptors (Lipinski definition) is 4. The molecule has 5 rings (SSSR count). The van der Waals surface area contributed by atoms with E-state index in [0.717, 1.165) is 29.7 Å². The van der Waals surface area contributed by atoms with E-state index in [0.29, 0.717) is 51.3 Å². The average molecular weight is 508 g/mol. The number of rotatable bonds is 6. The molecule has 6 nitrogen and oxygen atoms in total. The molecule has 0 spiro atoms. The van der Waals surface area contributed by atoms with Crippen LogP contribution in [0.2, 0.25) is 0 Å². The second kappa shape index (κ2) is 10.3. The molecule has 0 radical (unpaired) electrons. The maximum atomic E-state index is 14.0. The van der Waals surface area contributed by atoms with Crippen molar-refractivity contribution < 1.29 is 17.6 Å². The van der Waals surface area contributed by atoms with Crippen molar-refractivity contribution in [3.05, 3.63) is 89.7 Å². The molecule has 1 amide bonds. The summed E-state index contributed by atoms with van der Waals surface area (Å²) in [5, 5.41) is 0. The number of sulfonamides is 1. The van der Waals surface area contributed by atoms with E-state index in [1.54, 1.807) is 36.4 Å². The first-order chi connectivity index (χ1) is 17.4. The van der Waals surface area contributed by atoms with Crippen LogP contribution in [0.15, 0.2) is 77.7 Å². The van der Waals surface area contributed by atoms with Crippen LogP contribution in [0.1, 0.15) is 24.0 Å². The number of anilines is 2. The van der Waals surface area contributed by atoms with Gasteiger partial charge in [0.15, 0.2) is 0 Å². The summed E-state index contributed by atoms with van der Waals surface area (Å²) in [4.78, 5) is 16.8. The van der Waals surface area contributed by atoms with E-state index in [-0.39, 0.29) is 16.6 Å². The van der Waals surface area contributed by atoms with Gasteiger partial charge in [-0.05, 0) is 60.7 Å². The number of carbonyl (C=O) groups excluding carboxylic acids is 1. The number of benzene rings is 3. The molecule has 0 aliphatic carbocycles. The molecule has 0 aromatic heterocycles. The average Bonchev–Trinajstić information content (AvgIpc) is 2.92. The van der Waals surface area contributed by atoms with Crippen LogP contribution in [0.25, 0.3) is 0 Å². The zero-order valence-electron chi connectivity index (χ0n) is 20.1. The third-order valence-electron chi connectivity index (χ3n) is 7.03. The van der Waals surface area contributed by atoms with E-state index < -0.39 is 10.0 Å². The summed E-state index contributed by atoms with van der Waals surface area (Å²) in [6.07, 6.45) is 2.57. The number of carbonyl (C=O) groups is 1. The van der Waals surface area contributed by atoms with Crippen LogP contribution in [-0.4, -0.2) is 51.9 Å². The fourth-order valence-corrected chi connectivity index (χ4v) is 6.56. The van der Waals surface area contributed by atoms with E-state index in [1.165, 1.54) is 10.4 Å². The lowest BCUT2D eigenvalue weighted by atomic mass is 10.0. The number of hydrogen-bond donors (Lipinski definition) is 0. The molecule has 36 heavy (non-hydrogen) atoms. The SMILES string of the molecule is O=C(CCc1ccc(S(=O)(=O)N2CCCc3ccccc32)cc1)N1CCN(c2ccccc2F)CC1. The van der Waals surface area contributed by atoms with Gasteiger partial charge < -0.3 is 9.80 Å². The minimum atomic E-state index is -3.65. The van der Waals surface area contributed by atoms with Gasteiger partial charge in [0, 0.05) is 39.1 Å². The van der Waals surface area contributed by atoms with Crippen LogP contribution >= 0.6 is 0 Å². The van der Waals surface area contributed by atoms with Crippen LogP contribution in [0.5, 0.6) is 0 Å². The van der Waals surface area contributed by atoms with E-state index in [9.17, 15) is 17.6 Å². The topological polar surface area (TPSA) is 60.9 Å². The Morgan fingerprint density at radius 1 is 0.806 bits per heavy atom. The maximum Gasteiger partial charge on any atom is 0.264 e. The molecule has 1 saturated heterocycles. The Morgan fingerprint density at radius 3 is 2.19 bits per heavy atom. The first-order valence-corrected chi connectivity index (χ1v) is 13.8. The number of amides is 1. The van der Waals surface area contributed by atoms with Crippen LogP contribution in [0.4, 0.5) is 15.8 Å². The van der Waals surface area contributed by atoms with Crippen molar-refractivity contribution in [3.63, 3.8) is 0 Å². The molecule has 0 unspecified atom stereocenters. The summed E-state index contributed by atoms with van der Waals surface area (Å²) in [5.74, 6) is -0.183. The van der Waals surface area contributed by atoms with Gasteiger partial charge in [-0.25, -0.2) is 12.8 Å². The van der Waals surface area contributed by atoms with Crippen molar-refractivity contribution in [1.29, 1.82) is 0 Å². The molecule has 1 fully saturated rings. The van der Waals surface area contributed by atoms with Gasteiger partial charge in [0.1, 0.15) is 5.82 Å². The summed E-state index contributed by atoms with van der Waals surface area (Å²) in [6, 6.07) is 21.2. The Kier molecular flexibility index (Phi) is 6.96. The predicted molar refractivity (Wildman–Crippen MR) is 139 cm³/mol. The summed E-state index contributed by atoms with van der Waals surface area (Å²) in [6.45, 7) is 2.78. The minimum Gasteiger partial charge on any atom is -0.366 e. The highest BCUT2D eigenvalue weighted by atomic mass is 32.2. The molecule has 0 bridgehead atoms. The predicted octanol–water partition coefficient (Wildman–Crippen LogP) is 4.25. The van der Waals surface area contributed by atoms with Crippen LogP contribution in [0.3, 0.4) is 0 Å². The molecule has 2 aliphatic rings. The standard InChI is InChI=1S/C28H30FN3O3S/c29-25-8-2-4-10-27(25)30-18-20-31(21-19-30)28(33)16-13-22-11-14-24(15-12-22)36(34,35)32-17-5-7-23-6-1-3-9-26(23)32/h1-4,6,8-12,14-15H,5,7,13,16-21H2. The number of piperazine rings is 1. The van der Waals surface area contributed by atoms with E-state index in [4.69, 9.17) is 0 Å². The quantitative estimate of drug-likeness (QED) is 0.501. The summed E-state index contributed by atoms with van der Waals surface area (Å²) in [7, 11) is -3.65. The molecular formula is C28H30FN3O3S. The van der Waals surface area contributed by atoms with Crippen molar-refractivity contribution in [1.82, 2.24) is 4.90 Å². The minimum absolute atomic E-state index is 0.0600. The molecule has 8 heteroatoms. The van der Waals surface area contributed by atoms with Gasteiger partial charge >= 0.3 is 0 Å². The first kappa shape index (κ1) is 24.3. The molecule has 188 valence electrons. The fraction of sp³-hybridized carbons (Fsp3) is 0.321. The molecule has 2 heterocycles.